The van der Waals surface area contributed by atoms with Crippen LogP contribution in [0.25, 0.3) is 0 Å². The molecule has 1 aliphatic carbocycles. The van der Waals surface area contributed by atoms with Crippen LogP contribution in [0.3, 0.4) is 0 Å². The van der Waals surface area contributed by atoms with Crippen molar-refractivity contribution < 1.29 is 9.53 Å². The molecule has 0 spiro atoms. The molecule has 1 amide bonds. The van der Waals surface area contributed by atoms with Crippen LogP contribution in [-0.4, -0.2) is 23.3 Å². The molecule has 106 valence electrons. The molecule has 0 bridgehead atoms. The summed E-state index contributed by atoms with van der Waals surface area (Å²) in [5, 5.41) is 2.90. The van der Waals surface area contributed by atoms with E-state index in [2.05, 4.69) is 5.32 Å². The number of ether oxygens (including phenoxy) is 1. The zero-order valence-corrected chi connectivity index (χ0v) is 12.4. The number of rotatable bonds is 3. The number of nitrogens with two attached hydrogens (primary N) is 1. The predicted molar refractivity (Wildman–Crippen MR) is 73.4 cm³/mol. The van der Waals surface area contributed by atoms with Crippen molar-refractivity contribution in [3.05, 3.63) is 0 Å². The van der Waals surface area contributed by atoms with Crippen molar-refractivity contribution in [3.63, 3.8) is 0 Å². The topological polar surface area (TPSA) is 64.3 Å². The lowest BCUT2D eigenvalue weighted by atomic mass is 9.84. The Kier molecular flexibility index (Phi) is 4.65. The van der Waals surface area contributed by atoms with E-state index in [9.17, 15) is 4.79 Å². The molecule has 1 aliphatic rings. The molecule has 0 aliphatic heterocycles. The SMILES string of the molecule is CC(C)(C)OC(=O)NC(C)(C)C(N)C1CCCC1. The first kappa shape index (κ1) is 15.3. The van der Waals surface area contributed by atoms with Crippen molar-refractivity contribution in [2.75, 3.05) is 0 Å². The number of nitrogens with one attached hydrogen (secondary N) is 1. The van der Waals surface area contributed by atoms with Gasteiger partial charge in [0.1, 0.15) is 5.60 Å². The van der Waals surface area contributed by atoms with Gasteiger partial charge < -0.3 is 15.8 Å². The van der Waals surface area contributed by atoms with Gasteiger partial charge in [-0.2, -0.15) is 0 Å². The van der Waals surface area contributed by atoms with Crippen LogP contribution in [0.15, 0.2) is 0 Å². The quantitative estimate of drug-likeness (QED) is 0.816. The monoisotopic (exact) mass is 256 g/mol. The maximum Gasteiger partial charge on any atom is 0.408 e. The fourth-order valence-electron chi connectivity index (χ4n) is 2.56. The molecule has 3 N–H and O–H groups in total. The lowest BCUT2D eigenvalue weighted by Crippen LogP contribution is -2.59. The molecule has 1 saturated carbocycles. The summed E-state index contributed by atoms with van der Waals surface area (Å²) in [6.45, 7) is 9.52. The van der Waals surface area contributed by atoms with Gasteiger partial charge in [0.15, 0.2) is 0 Å². The van der Waals surface area contributed by atoms with E-state index in [-0.39, 0.29) is 12.1 Å². The van der Waals surface area contributed by atoms with Gasteiger partial charge in [0, 0.05) is 6.04 Å². The minimum absolute atomic E-state index is 0.0208. The molecule has 18 heavy (non-hydrogen) atoms. The van der Waals surface area contributed by atoms with Gasteiger partial charge in [-0.15, -0.1) is 0 Å². The highest BCUT2D eigenvalue weighted by Gasteiger charge is 2.36. The van der Waals surface area contributed by atoms with Crippen LogP contribution in [-0.2, 0) is 4.74 Å². The molecule has 1 fully saturated rings. The number of amides is 1. The van der Waals surface area contributed by atoms with Gasteiger partial charge in [0.25, 0.3) is 0 Å². The lowest BCUT2D eigenvalue weighted by molar-refractivity contribution is 0.0445. The first-order chi connectivity index (χ1) is 8.12. The van der Waals surface area contributed by atoms with E-state index in [4.69, 9.17) is 10.5 Å². The standard InChI is InChI=1S/C14H28N2O2/c1-13(2,3)18-12(17)16-14(4,5)11(15)10-8-6-7-9-10/h10-11H,6-9,15H2,1-5H3,(H,16,17). The van der Waals surface area contributed by atoms with Crippen LogP contribution < -0.4 is 11.1 Å². The third-order valence-corrected chi connectivity index (χ3v) is 3.56. The second-order valence-electron chi connectivity index (χ2n) is 6.92. The molecule has 4 nitrogen and oxygen atoms in total. The van der Waals surface area contributed by atoms with E-state index in [1.807, 2.05) is 34.6 Å². The number of carbonyl (C=O) groups is 1. The van der Waals surface area contributed by atoms with Crippen LogP contribution in [0, 0.1) is 5.92 Å². The average molecular weight is 256 g/mol. The van der Waals surface area contributed by atoms with Gasteiger partial charge >= 0.3 is 6.09 Å². The molecule has 0 aromatic carbocycles. The summed E-state index contributed by atoms with van der Waals surface area (Å²) >= 11 is 0. The zero-order valence-electron chi connectivity index (χ0n) is 12.4. The molecular formula is C14H28N2O2. The minimum atomic E-state index is -0.475. The zero-order chi connectivity index (χ0) is 14.0. The summed E-state index contributed by atoms with van der Waals surface area (Å²) in [6, 6.07) is -0.0208. The van der Waals surface area contributed by atoms with E-state index in [0.717, 1.165) is 0 Å². The summed E-state index contributed by atoms with van der Waals surface area (Å²) < 4.78 is 5.28. The van der Waals surface area contributed by atoms with Gasteiger partial charge in [0.2, 0.25) is 0 Å². The smallest absolute Gasteiger partial charge is 0.408 e. The Balaban J connectivity index is 2.54. The largest absolute Gasteiger partial charge is 0.444 e. The Morgan fingerprint density at radius 3 is 2.17 bits per heavy atom. The van der Waals surface area contributed by atoms with Crippen molar-refractivity contribution in [1.82, 2.24) is 5.32 Å². The van der Waals surface area contributed by atoms with Crippen LogP contribution in [0.1, 0.15) is 60.3 Å². The van der Waals surface area contributed by atoms with E-state index in [1.54, 1.807) is 0 Å². The van der Waals surface area contributed by atoms with Crippen LogP contribution in [0.4, 0.5) is 4.79 Å². The molecule has 0 heterocycles. The Morgan fingerprint density at radius 1 is 1.22 bits per heavy atom. The number of carbonyl (C=O) groups excluding carboxylic acids is 1. The maximum absolute atomic E-state index is 11.8. The summed E-state index contributed by atoms with van der Waals surface area (Å²) in [6.07, 6.45) is 4.45. The highest BCUT2D eigenvalue weighted by atomic mass is 16.6. The van der Waals surface area contributed by atoms with E-state index < -0.39 is 11.1 Å². The summed E-state index contributed by atoms with van der Waals surface area (Å²) in [7, 11) is 0. The predicted octanol–water partition coefficient (Wildman–Crippen LogP) is 2.81. The third-order valence-electron chi connectivity index (χ3n) is 3.56. The second-order valence-corrected chi connectivity index (χ2v) is 6.92. The maximum atomic E-state index is 11.8. The molecule has 0 aromatic rings. The summed E-state index contributed by atoms with van der Waals surface area (Å²) in [5.74, 6) is 0.509. The summed E-state index contributed by atoms with van der Waals surface area (Å²) in [5.41, 5.74) is 5.39. The highest BCUT2D eigenvalue weighted by molar-refractivity contribution is 5.68. The fourth-order valence-corrected chi connectivity index (χ4v) is 2.56. The fraction of sp³-hybridized carbons (Fsp3) is 0.929. The number of alkyl carbamates (subject to hydrolysis) is 1. The summed E-state index contributed by atoms with van der Waals surface area (Å²) in [4.78, 5) is 11.8. The Bertz CT molecular complexity index is 289. The number of hydrogen-bond acceptors (Lipinski definition) is 3. The molecule has 4 heteroatoms. The normalized spacial score (nSPS) is 19.7. The minimum Gasteiger partial charge on any atom is -0.444 e. The average Bonchev–Trinajstić information content (AvgIpc) is 2.64. The lowest BCUT2D eigenvalue weighted by Gasteiger charge is -2.36. The first-order valence-electron chi connectivity index (χ1n) is 6.88. The Morgan fingerprint density at radius 2 is 1.72 bits per heavy atom. The van der Waals surface area contributed by atoms with Crippen molar-refractivity contribution in [1.29, 1.82) is 0 Å². The van der Waals surface area contributed by atoms with Crippen molar-refractivity contribution in [2.24, 2.45) is 11.7 Å². The van der Waals surface area contributed by atoms with Crippen LogP contribution in [0.2, 0.25) is 0 Å². The van der Waals surface area contributed by atoms with Gasteiger partial charge in [-0.05, 0) is 53.4 Å². The van der Waals surface area contributed by atoms with Crippen LogP contribution >= 0.6 is 0 Å². The molecule has 0 aromatic heterocycles. The molecule has 1 unspecified atom stereocenters. The van der Waals surface area contributed by atoms with E-state index in [1.165, 1.54) is 25.7 Å². The molecule has 0 saturated heterocycles. The van der Waals surface area contributed by atoms with Gasteiger partial charge in [-0.3, -0.25) is 0 Å². The van der Waals surface area contributed by atoms with Crippen molar-refractivity contribution in [2.45, 2.75) is 77.5 Å². The Labute approximate surface area is 111 Å². The van der Waals surface area contributed by atoms with Crippen LogP contribution in [0.5, 0.6) is 0 Å². The van der Waals surface area contributed by atoms with Gasteiger partial charge in [-0.25, -0.2) is 4.79 Å². The molecule has 0 radical (unpaired) electrons. The van der Waals surface area contributed by atoms with E-state index >= 15 is 0 Å². The third kappa shape index (κ3) is 4.48. The van der Waals surface area contributed by atoms with Crippen molar-refractivity contribution >= 4 is 6.09 Å². The first-order valence-corrected chi connectivity index (χ1v) is 6.88. The van der Waals surface area contributed by atoms with Crippen molar-refractivity contribution in [3.8, 4) is 0 Å². The van der Waals surface area contributed by atoms with E-state index in [0.29, 0.717) is 5.92 Å². The van der Waals surface area contributed by atoms with Gasteiger partial charge in [-0.1, -0.05) is 12.8 Å². The number of hydrogen-bond donors (Lipinski definition) is 2. The van der Waals surface area contributed by atoms with Gasteiger partial charge in [0.05, 0.1) is 5.54 Å². The Hall–Kier alpha value is -0.770. The molecular weight excluding hydrogens is 228 g/mol. The highest BCUT2D eigenvalue weighted by Crippen LogP contribution is 2.31. The second kappa shape index (κ2) is 5.47. The molecule has 1 atom stereocenters. The molecule has 1 rings (SSSR count).